The van der Waals surface area contributed by atoms with Crippen LogP contribution in [0.3, 0.4) is 0 Å². The Bertz CT molecular complexity index is 746. The molecular formula is C15H18ClNO2S2. The summed E-state index contributed by atoms with van der Waals surface area (Å²) in [6, 6.07) is 7.63. The molecule has 2 heterocycles. The summed E-state index contributed by atoms with van der Waals surface area (Å²) in [7, 11) is -3.45. The fourth-order valence-corrected chi connectivity index (χ4v) is 6.39. The molecular weight excluding hydrogens is 326 g/mol. The monoisotopic (exact) mass is 343 g/mol. The fraction of sp³-hybridized carbons (Fsp3) is 0.467. The summed E-state index contributed by atoms with van der Waals surface area (Å²) in [5.74, 6) is 0.834. The number of hydrogen-bond donors (Lipinski definition) is 0. The highest BCUT2D eigenvalue weighted by atomic mass is 35.5. The quantitative estimate of drug-likeness (QED) is 0.788. The minimum Gasteiger partial charge on any atom is -0.207 e. The van der Waals surface area contributed by atoms with Gasteiger partial charge in [-0.05, 0) is 24.8 Å². The number of hydrogen-bond acceptors (Lipinski definition) is 3. The molecule has 0 saturated carbocycles. The van der Waals surface area contributed by atoms with Crippen LogP contribution in [0.4, 0.5) is 0 Å². The molecule has 1 aromatic heterocycles. The summed E-state index contributed by atoms with van der Waals surface area (Å²) in [4.78, 5) is 1.17. The maximum atomic E-state index is 13.0. The summed E-state index contributed by atoms with van der Waals surface area (Å²) in [6.07, 6.45) is 1.86. The molecule has 1 fully saturated rings. The number of piperidine rings is 1. The minimum absolute atomic E-state index is 0.234. The second kappa shape index (κ2) is 5.88. The highest BCUT2D eigenvalue weighted by Gasteiger charge is 2.32. The van der Waals surface area contributed by atoms with Crippen molar-refractivity contribution >= 4 is 43.0 Å². The Morgan fingerprint density at radius 1 is 1.29 bits per heavy atom. The number of fused-ring (bicyclic) bond motifs is 1. The lowest BCUT2D eigenvalue weighted by atomic mass is 10.0. The molecule has 0 spiro atoms. The predicted octanol–water partition coefficient (Wildman–Crippen LogP) is 4.06. The van der Waals surface area contributed by atoms with Crippen LogP contribution in [-0.4, -0.2) is 25.8 Å². The standard InChI is InChI=1S/C15H18ClNO2S2/c1-11-6-8-17(9-7-11)21(18,19)15-12-4-2-3-5-13(12)20-14(15)10-16/h2-5,11H,6-10H2,1H3. The molecule has 6 heteroatoms. The summed E-state index contributed by atoms with van der Waals surface area (Å²) in [6.45, 7) is 3.39. The molecule has 0 N–H and O–H groups in total. The number of thiophene rings is 1. The van der Waals surface area contributed by atoms with E-state index in [-0.39, 0.29) is 5.88 Å². The van der Waals surface area contributed by atoms with E-state index in [1.165, 1.54) is 11.3 Å². The van der Waals surface area contributed by atoms with Crippen molar-refractivity contribution in [3.05, 3.63) is 29.1 Å². The minimum atomic E-state index is -3.45. The van der Waals surface area contributed by atoms with E-state index in [1.54, 1.807) is 4.31 Å². The molecule has 0 bridgehead atoms. The van der Waals surface area contributed by atoms with Crippen molar-refractivity contribution in [2.75, 3.05) is 13.1 Å². The van der Waals surface area contributed by atoms with Gasteiger partial charge in [-0.25, -0.2) is 8.42 Å². The SMILES string of the molecule is CC1CCN(S(=O)(=O)c2c(CCl)sc3ccccc23)CC1. The van der Waals surface area contributed by atoms with Crippen LogP contribution in [0.2, 0.25) is 0 Å². The van der Waals surface area contributed by atoms with Gasteiger partial charge in [-0.2, -0.15) is 4.31 Å². The van der Waals surface area contributed by atoms with Crippen LogP contribution < -0.4 is 0 Å². The van der Waals surface area contributed by atoms with Gasteiger partial charge in [0.15, 0.2) is 0 Å². The highest BCUT2D eigenvalue weighted by molar-refractivity contribution is 7.89. The first-order valence-electron chi connectivity index (χ1n) is 7.10. The Kier molecular flexibility index (Phi) is 4.28. The van der Waals surface area contributed by atoms with E-state index in [2.05, 4.69) is 6.92 Å². The first-order valence-corrected chi connectivity index (χ1v) is 9.89. The zero-order valence-corrected chi connectivity index (χ0v) is 14.3. The van der Waals surface area contributed by atoms with Gasteiger partial charge >= 0.3 is 0 Å². The molecule has 1 aromatic carbocycles. The lowest BCUT2D eigenvalue weighted by Crippen LogP contribution is -2.38. The average Bonchev–Trinajstić information content (AvgIpc) is 2.87. The van der Waals surface area contributed by atoms with Gasteiger partial charge in [0.05, 0.1) is 5.88 Å². The summed E-state index contributed by atoms with van der Waals surface area (Å²) in [5.41, 5.74) is 0. The molecule has 21 heavy (non-hydrogen) atoms. The van der Waals surface area contributed by atoms with Crippen LogP contribution in [0.1, 0.15) is 24.6 Å². The van der Waals surface area contributed by atoms with E-state index in [1.807, 2.05) is 24.3 Å². The second-order valence-corrected chi connectivity index (χ2v) is 8.85. The Hall–Kier alpha value is -0.620. The molecule has 1 saturated heterocycles. The molecule has 3 rings (SSSR count). The molecule has 0 amide bonds. The van der Waals surface area contributed by atoms with E-state index in [0.717, 1.165) is 27.8 Å². The van der Waals surface area contributed by atoms with Gasteiger partial charge in [-0.3, -0.25) is 0 Å². The smallest absolute Gasteiger partial charge is 0.207 e. The largest absolute Gasteiger partial charge is 0.244 e. The van der Waals surface area contributed by atoms with E-state index in [4.69, 9.17) is 11.6 Å². The Morgan fingerprint density at radius 3 is 2.62 bits per heavy atom. The molecule has 3 nitrogen and oxygen atoms in total. The van der Waals surface area contributed by atoms with Gasteiger partial charge in [0.1, 0.15) is 4.90 Å². The zero-order chi connectivity index (χ0) is 15.0. The van der Waals surface area contributed by atoms with Crippen molar-refractivity contribution in [2.24, 2.45) is 5.92 Å². The van der Waals surface area contributed by atoms with Gasteiger partial charge < -0.3 is 0 Å². The molecule has 114 valence electrons. The first kappa shape index (κ1) is 15.3. The van der Waals surface area contributed by atoms with Crippen molar-refractivity contribution in [2.45, 2.75) is 30.5 Å². The second-order valence-electron chi connectivity index (χ2n) is 5.57. The highest BCUT2D eigenvalue weighted by Crippen LogP contribution is 2.38. The van der Waals surface area contributed by atoms with Gasteiger partial charge in [0.25, 0.3) is 0 Å². The molecule has 1 aliphatic heterocycles. The third-order valence-corrected chi connectivity index (χ3v) is 7.83. The lowest BCUT2D eigenvalue weighted by Gasteiger charge is -2.29. The van der Waals surface area contributed by atoms with Crippen molar-refractivity contribution in [1.29, 1.82) is 0 Å². The molecule has 0 radical (unpaired) electrons. The molecule has 0 aliphatic carbocycles. The van der Waals surface area contributed by atoms with E-state index in [9.17, 15) is 8.42 Å². The van der Waals surface area contributed by atoms with Crippen LogP contribution in [0.5, 0.6) is 0 Å². The third-order valence-electron chi connectivity index (χ3n) is 4.08. The maximum Gasteiger partial charge on any atom is 0.244 e. The maximum absolute atomic E-state index is 13.0. The van der Waals surface area contributed by atoms with Gasteiger partial charge in [0.2, 0.25) is 10.0 Å². The summed E-state index contributed by atoms with van der Waals surface area (Å²) >= 11 is 7.48. The van der Waals surface area contributed by atoms with Gasteiger partial charge in [0, 0.05) is 28.1 Å². The van der Waals surface area contributed by atoms with E-state index >= 15 is 0 Å². The summed E-state index contributed by atoms with van der Waals surface area (Å²) < 4.78 is 28.7. The van der Waals surface area contributed by atoms with Crippen LogP contribution in [0.25, 0.3) is 10.1 Å². The van der Waals surface area contributed by atoms with Gasteiger partial charge in [-0.1, -0.05) is 25.1 Å². The Balaban J connectivity index is 2.10. The number of sulfonamides is 1. The number of halogens is 1. The average molecular weight is 344 g/mol. The van der Waals surface area contributed by atoms with Crippen LogP contribution in [0, 0.1) is 5.92 Å². The zero-order valence-electron chi connectivity index (χ0n) is 11.9. The number of alkyl halides is 1. The molecule has 2 aromatic rings. The Labute approximate surface area is 134 Å². The number of rotatable bonds is 3. The van der Waals surface area contributed by atoms with Crippen molar-refractivity contribution < 1.29 is 8.42 Å². The molecule has 0 atom stereocenters. The Morgan fingerprint density at radius 2 is 1.95 bits per heavy atom. The predicted molar refractivity (Wildman–Crippen MR) is 88.5 cm³/mol. The fourth-order valence-electron chi connectivity index (χ4n) is 2.80. The van der Waals surface area contributed by atoms with Crippen molar-refractivity contribution in [3.63, 3.8) is 0 Å². The topological polar surface area (TPSA) is 37.4 Å². The van der Waals surface area contributed by atoms with Crippen molar-refractivity contribution in [3.8, 4) is 0 Å². The van der Waals surface area contributed by atoms with Crippen LogP contribution in [0.15, 0.2) is 29.2 Å². The molecule has 1 aliphatic rings. The van der Waals surface area contributed by atoms with E-state index in [0.29, 0.717) is 23.9 Å². The molecule has 0 unspecified atom stereocenters. The van der Waals surface area contributed by atoms with Crippen molar-refractivity contribution in [1.82, 2.24) is 4.31 Å². The first-order chi connectivity index (χ1) is 10.0. The lowest BCUT2D eigenvalue weighted by molar-refractivity contribution is 0.288. The third kappa shape index (κ3) is 2.72. The summed E-state index contributed by atoms with van der Waals surface area (Å²) in [5, 5.41) is 0.803. The van der Waals surface area contributed by atoms with Crippen LogP contribution in [-0.2, 0) is 15.9 Å². The van der Waals surface area contributed by atoms with Gasteiger partial charge in [-0.15, -0.1) is 22.9 Å². The number of benzene rings is 1. The van der Waals surface area contributed by atoms with Crippen LogP contribution >= 0.6 is 22.9 Å². The van der Waals surface area contributed by atoms with E-state index < -0.39 is 10.0 Å². The number of nitrogens with zero attached hydrogens (tertiary/aromatic N) is 1. The normalized spacial score (nSPS) is 18.4.